The first-order valence-electron chi connectivity index (χ1n) is 7.58. The quantitative estimate of drug-likeness (QED) is 0.856. The summed E-state index contributed by atoms with van der Waals surface area (Å²) in [5.41, 5.74) is 2.61. The van der Waals surface area contributed by atoms with Gasteiger partial charge in [-0.3, -0.25) is 0 Å². The van der Waals surface area contributed by atoms with E-state index in [9.17, 15) is 5.11 Å². The molecule has 2 unspecified atom stereocenters. The van der Waals surface area contributed by atoms with E-state index in [-0.39, 0.29) is 12.7 Å². The first kappa shape index (κ1) is 13.9. The van der Waals surface area contributed by atoms with Crippen molar-refractivity contribution < 1.29 is 9.84 Å². The first-order valence-corrected chi connectivity index (χ1v) is 7.58. The number of rotatable bonds is 5. The molecule has 0 spiro atoms. The fourth-order valence-electron chi connectivity index (χ4n) is 2.75. The lowest BCUT2D eigenvalue weighted by atomic mass is 10.1. The molecule has 20 heavy (non-hydrogen) atoms. The predicted molar refractivity (Wildman–Crippen MR) is 79.9 cm³/mol. The fourth-order valence-corrected chi connectivity index (χ4v) is 2.75. The van der Waals surface area contributed by atoms with E-state index in [0.717, 1.165) is 19.1 Å². The lowest BCUT2D eigenvalue weighted by Crippen LogP contribution is -2.50. The second-order valence-corrected chi connectivity index (χ2v) is 5.92. The van der Waals surface area contributed by atoms with Gasteiger partial charge in [-0.05, 0) is 31.4 Å². The van der Waals surface area contributed by atoms with Crippen molar-refractivity contribution in [2.24, 2.45) is 0 Å². The molecule has 0 bridgehead atoms. The molecule has 1 aromatic carbocycles. The number of nitrogens with one attached hydrogen (secondary N) is 1. The van der Waals surface area contributed by atoms with E-state index in [1.165, 1.54) is 24.1 Å². The van der Waals surface area contributed by atoms with Gasteiger partial charge in [-0.15, -0.1) is 0 Å². The second-order valence-electron chi connectivity index (χ2n) is 5.92. The summed E-state index contributed by atoms with van der Waals surface area (Å²) in [6, 6.07) is 9.63. The largest absolute Gasteiger partial charge is 0.394 e. The number of para-hydroxylation sites is 1. The monoisotopic (exact) mass is 276 g/mol. The molecule has 4 heteroatoms. The minimum Gasteiger partial charge on any atom is -0.394 e. The van der Waals surface area contributed by atoms with Crippen molar-refractivity contribution in [1.82, 2.24) is 5.32 Å². The Hall–Kier alpha value is -1.10. The van der Waals surface area contributed by atoms with Crippen LogP contribution >= 0.6 is 0 Å². The van der Waals surface area contributed by atoms with Gasteiger partial charge in [-0.1, -0.05) is 18.2 Å². The van der Waals surface area contributed by atoms with Gasteiger partial charge in [0.15, 0.2) is 0 Å². The van der Waals surface area contributed by atoms with Gasteiger partial charge in [0, 0.05) is 30.9 Å². The fraction of sp³-hybridized carbons (Fsp3) is 0.625. The smallest absolute Gasteiger partial charge is 0.0981 e. The Bertz CT molecular complexity index is 448. The van der Waals surface area contributed by atoms with Crippen LogP contribution in [-0.4, -0.2) is 43.1 Å². The number of anilines is 1. The SMILES string of the molecule is CC1COC(CO)CN1c1ccccc1CNC1CC1. The van der Waals surface area contributed by atoms with Crippen molar-refractivity contribution in [3.8, 4) is 0 Å². The zero-order valence-electron chi connectivity index (χ0n) is 12.1. The van der Waals surface area contributed by atoms with Gasteiger partial charge >= 0.3 is 0 Å². The van der Waals surface area contributed by atoms with Crippen molar-refractivity contribution >= 4 is 5.69 Å². The molecule has 1 aliphatic heterocycles. The van der Waals surface area contributed by atoms with Gasteiger partial charge in [0.25, 0.3) is 0 Å². The molecule has 1 saturated heterocycles. The lowest BCUT2D eigenvalue weighted by molar-refractivity contribution is -0.0103. The summed E-state index contributed by atoms with van der Waals surface area (Å²) in [5, 5.41) is 12.9. The van der Waals surface area contributed by atoms with Crippen LogP contribution in [0.25, 0.3) is 0 Å². The minimum absolute atomic E-state index is 0.0735. The highest BCUT2D eigenvalue weighted by atomic mass is 16.5. The summed E-state index contributed by atoms with van der Waals surface area (Å²) in [5.74, 6) is 0. The number of ether oxygens (including phenoxy) is 1. The molecule has 0 amide bonds. The molecule has 2 fully saturated rings. The van der Waals surface area contributed by atoms with E-state index in [0.29, 0.717) is 12.6 Å². The highest BCUT2D eigenvalue weighted by Gasteiger charge is 2.27. The van der Waals surface area contributed by atoms with Gasteiger partial charge in [0.2, 0.25) is 0 Å². The topological polar surface area (TPSA) is 44.7 Å². The van der Waals surface area contributed by atoms with Crippen LogP contribution in [0.2, 0.25) is 0 Å². The molecule has 0 aromatic heterocycles. The molecule has 4 nitrogen and oxygen atoms in total. The molecule has 1 aliphatic carbocycles. The molecular formula is C16H24N2O2. The van der Waals surface area contributed by atoms with E-state index < -0.39 is 0 Å². The molecule has 2 atom stereocenters. The Balaban J connectivity index is 1.76. The van der Waals surface area contributed by atoms with Gasteiger partial charge in [-0.25, -0.2) is 0 Å². The summed E-state index contributed by atoms with van der Waals surface area (Å²) in [4.78, 5) is 2.37. The minimum atomic E-state index is -0.0735. The van der Waals surface area contributed by atoms with Gasteiger partial charge < -0.3 is 20.1 Å². The standard InChI is InChI=1S/C16H24N2O2/c1-12-11-20-15(10-19)9-18(12)16-5-3-2-4-13(16)8-17-14-6-7-14/h2-5,12,14-15,17,19H,6-11H2,1H3. The van der Waals surface area contributed by atoms with Crippen molar-refractivity contribution in [2.75, 3.05) is 24.7 Å². The van der Waals surface area contributed by atoms with E-state index in [1.807, 2.05) is 0 Å². The Kier molecular flexibility index (Phi) is 4.24. The molecule has 2 aliphatic rings. The van der Waals surface area contributed by atoms with Gasteiger partial charge in [0.05, 0.1) is 19.3 Å². The number of hydrogen-bond acceptors (Lipinski definition) is 4. The highest BCUT2D eigenvalue weighted by molar-refractivity contribution is 5.55. The third kappa shape index (κ3) is 3.14. The summed E-state index contributed by atoms with van der Waals surface area (Å²) in [6.07, 6.45) is 2.54. The Labute approximate surface area is 120 Å². The second kappa shape index (κ2) is 6.12. The number of nitrogens with zero attached hydrogens (tertiary/aromatic N) is 1. The van der Waals surface area contributed by atoms with Crippen LogP contribution in [0, 0.1) is 0 Å². The molecule has 1 saturated carbocycles. The van der Waals surface area contributed by atoms with E-state index >= 15 is 0 Å². The Morgan fingerprint density at radius 3 is 2.90 bits per heavy atom. The zero-order valence-corrected chi connectivity index (χ0v) is 12.1. The summed E-state index contributed by atoms with van der Waals surface area (Å²) in [6.45, 7) is 4.63. The Morgan fingerprint density at radius 2 is 2.15 bits per heavy atom. The molecule has 3 rings (SSSR count). The molecular weight excluding hydrogens is 252 g/mol. The zero-order chi connectivity index (χ0) is 13.9. The number of benzene rings is 1. The van der Waals surface area contributed by atoms with Crippen LogP contribution in [0.1, 0.15) is 25.3 Å². The molecule has 2 N–H and O–H groups in total. The van der Waals surface area contributed by atoms with Gasteiger partial charge in [-0.2, -0.15) is 0 Å². The third-order valence-corrected chi connectivity index (χ3v) is 4.17. The first-order chi connectivity index (χ1) is 9.78. The normalized spacial score (nSPS) is 26.8. The average Bonchev–Trinajstić information content (AvgIpc) is 3.30. The third-order valence-electron chi connectivity index (χ3n) is 4.17. The summed E-state index contributed by atoms with van der Waals surface area (Å²) >= 11 is 0. The van der Waals surface area contributed by atoms with E-state index in [4.69, 9.17) is 4.74 Å². The van der Waals surface area contributed by atoms with Crippen molar-refractivity contribution in [3.63, 3.8) is 0 Å². The predicted octanol–water partition coefficient (Wildman–Crippen LogP) is 1.52. The lowest BCUT2D eigenvalue weighted by Gasteiger charge is -2.40. The maximum Gasteiger partial charge on any atom is 0.0981 e. The molecule has 1 heterocycles. The maximum atomic E-state index is 9.33. The molecule has 110 valence electrons. The maximum absolute atomic E-state index is 9.33. The number of aliphatic hydroxyl groups is 1. The highest BCUT2D eigenvalue weighted by Crippen LogP contribution is 2.27. The number of morpholine rings is 1. The summed E-state index contributed by atoms with van der Waals surface area (Å²) in [7, 11) is 0. The van der Waals surface area contributed by atoms with Crippen LogP contribution in [0.5, 0.6) is 0 Å². The van der Waals surface area contributed by atoms with Crippen LogP contribution in [-0.2, 0) is 11.3 Å². The average molecular weight is 276 g/mol. The van der Waals surface area contributed by atoms with Gasteiger partial charge in [0.1, 0.15) is 0 Å². The van der Waals surface area contributed by atoms with Crippen LogP contribution in [0.15, 0.2) is 24.3 Å². The van der Waals surface area contributed by atoms with Crippen LogP contribution < -0.4 is 10.2 Å². The van der Waals surface area contributed by atoms with E-state index in [1.54, 1.807) is 0 Å². The van der Waals surface area contributed by atoms with Crippen LogP contribution in [0.3, 0.4) is 0 Å². The molecule has 0 radical (unpaired) electrons. The summed E-state index contributed by atoms with van der Waals surface area (Å²) < 4.78 is 5.63. The molecule has 1 aromatic rings. The van der Waals surface area contributed by atoms with Crippen LogP contribution in [0.4, 0.5) is 5.69 Å². The Morgan fingerprint density at radius 1 is 1.35 bits per heavy atom. The van der Waals surface area contributed by atoms with Crippen molar-refractivity contribution in [2.45, 2.75) is 44.5 Å². The van der Waals surface area contributed by atoms with E-state index in [2.05, 4.69) is 41.4 Å². The van der Waals surface area contributed by atoms with Crippen molar-refractivity contribution in [1.29, 1.82) is 0 Å². The number of hydrogen-bond donors (Lipinski definition) is 2. The van der Waals surface area contributed by atoms with Crippen molar-refractivity contribution in [3.05, 3.63) is 29.8 Å². The number of aliphatic hydroxyl groups excluding tert-OH is 1.